The van der Waals surface area contributed by atoms with E-state index < -0.39 is 71.4 Å². The van der Waals surface area contributed by atoms with Crippen molar-refractivity contribution in [3.63, 3.8) is 0 Å². The van der Waals surface area contributed by atoms with Crippen molar-refractivity contribution in [3.8, 4) is 0 Å². The third-order valence-corrected chi connectivity index (χ3v) is 8.66. The lowest BCUT2D eigenvalue weighted by molar-refractivity contribution is -0.212. The molecule has 0 spiro atoms. The van der Waals surface area contributed by atoms with E-state index in [-0.39, 0.29) is 35.3 Å². The maximum absolute atomic E-state index is 14.5. The van der Waals surface area contributed by atoms with Gasteiger partial charge in [0.25, 0.3) is 0 Å². The first kappa shape index (κ1) is 31.7. The Morgan fingerprint density at radius 3 is 2.45 bits per heavy atom. The summed E-state index contributed by atoms with van der Waals surface area (Å²) in [4.78, 5) is 48.4. The minimum Gasteiger partial charge on any atom is -0.463 e. The van der Waals surface area contributed by atoms with Crippen molar-refractivity contribution in [3.05, 3.63) is 29.6 Å². The van der Waals surface area contributed by atoms with Gasteiger partial charge in [-0.15, -0.1) is 16.9 Å². The van der Waals surface area contributed by atoms with Crippen LogP contribution in [0.4, 0.5) is 13.2 Å². The first-order valence-electron chi connectivity index (χ1n) is 13.5. The molecule has 42 heavy (non-hydrogen) atoms. The van der Waals surface area contributed by atoms with Crippen molar-refractivity contribution in [1.82, 2.24) is 15.0 Å². The van der Waals surface area contributed by atoms with Crippen molar-refractivity contribution < 1.29 is 51.3 Å². The van der Waals surface area contributed by atoms with Crippen LogP contribution in [0.5, 0.6) is 0 Å². The molecule has 1 saturated heterocycles. The number of hydrogen-bond donors (Lipinski definition) is 0. The van der Waals surface area contributed by atoms with Gasteiger partial charge in [0.2, 0.25) is 0 Å². The molecule has 1 aromatic heterocycles. The lowest BCUT2D eigenvalue weighted by Crippen LogP contribution is -2.58. The van der Waals surface area contributed by atoms with Crippen LogP contribution in [0.25, 0.3) is 5.57 Å². The van der Waals surface area contributed by atoms with E-state index in [1.54, 1.807) is 0 Å². The summed E-state index contributed by atoms with van der Waals surface area (Å²) in [6, 6.07) is -1.11. The number of Topliss-reactive ketones (excluding diaryl/α,β-unsaturated/α-hetero) is 1. The van der Waals surface area contributed by atoms with Crippen LogP contribution in [0, 0.1) is 5.92 Å². The highest BCUT2D eigenvalue weighted by molar-refractivity contribution is 8.00. The van der Waals surface area contributed by atoms with Crippen molar-refractivity contribution in [2.45, 2.75) is 94.6 Å². The predicted octanol–water partition coefficient (Wildman–Crippen LogP) is 3.74. The fourth-order valence-electron chi connectivity index (χ4n) is 5.29. The van der Waals surface area contributed by atoms with E-state index in [4.69, 9.17) is 18.9 Å². The number of rotatable bonds is 8. The molecule has 4 rings (SSSR count). The Labute approximate surface area is 244 Å². The van der Waals surface area contributed by atoms with Gasteiger partial charge in [-0.3, -0.25) is 19.2 Å². The average molecular weight is 616 g/mol. The summed E-state index contributed by atoms with van der Waals surface area (Å²) in [6.07, 6.45) is -1.38. The number of allylic oxidation sites excluding steroid dienone is 4. The summed E-state index contributed by atoms with van der Waals surface area (Å²) in [5.41, 5.74) is -0.871. The molecule has 2 aliphatic carbocycles. The van der Waals surface area contributed by atoms with E-state index in [2.05, 4.69) is 10.3 Å². The highest BCUT2D eigenvalue weighted by atomic mass is 32.2. The number of halogens is 3. The normalized spacial score (nSPS) is 31.8. The number of carbonyl (C=O) groups excluding carboxylic acids is 4. The smallest absolute Gasteiger partial charge is 0.303 e. The van der Waals surface area contributed by atoms with Gasteiger partial charge in [0.1, 0.15) is 35.7 Å². The topological polar surface area (TPSA) is 136 Å². The Kier molecular flexibility index (Phi) is 10.1. The van der Waals surface area contributed by atoms with Gasteiger partial charge in [-0.25, -0.2) is 17.9 Å². The van der Waals surface area contributed by atoms with Gasteiger partial charge in [-0.1, -0.05) is 12.1 Å². The number of carbonyl (C=O) groups is 4. The van der Waals surface area contributed by atoms with Crippen molar-refractivity contribution >= 4 is 41.0 Å². The van der Waals surface area contributed by atoms with Crippen molar-refractivity contribution in [2.75, 3.05) is 6.61 Å². The second-order valence-electron chi connectivity index (χ2n) is 10.4. The quantitative estimate of drug-likeness (QED) is 0.313. The molecule has 0 N–H and O–H groups in total. The molecule has 0 amide bonds. The zero-order valence-corrected chi connectivity index (χ0v) is 24.3. The minimum atomic E-state index is -2.23. The van der Waals surface area contributed by atoms with Crippen LogP contribution >= 0.6 is 11.8 Å². The maximum Gasteiger partial charge on any atom is 0.303 e. The molecule has 8 atom stereocenters. The zero-order chi connectivity index (χ0) is 30.7. The van der Waals surface area contributed by atoms with Gasteiger partial charge in [-0.05, 0) is 24.5 Å². The number of alkyl halides is 1. The molecular formula is C27H32F3N3O8S. The van der Waals surface area contributed by atoms with Crippen molar-refractivity contribution in [1.29, 1.82) is 0 Å². The van der Waals surface area contributed by atoms with Gasteiger partial charge in [0, 0.05) is 44.8 Å². The van der Waals surface area contributed by atoms with E-state index in [0.29, 0.717) is 19.3 Å². The highest BCUT2D eigenvalue weighted by Crippen LogP contribution is 2.43. The van der Waals surface area contributed by atoms with E-state index >= 15 is 0 Å². The summed E-state index contributed by atoms with van der Waals surface area (Å²) in [7, 11) is 0. The van der Waals surface area contributed by atoms with Gasteiger partial charge >= 0.3 is 17.9 Å². The molecule has 2 heterocycles. The Morgan fingerprint density at radius 1 is 1.12 bits per heavy atom. The molecule has 11 nitrogen and oxygen atoms in total. The van der Waals surface area contributed by atoms with E-state index in [1.807, 2.05) is 0 Å². The van der Waals surface area contributed by atoms with Crippen molar-refractivity contribution in [2.24, 2.45) is 5.92 Å². The molecular weight excluding hydrogens is 583 g/mol. The number of hydrogen-bond acceptors (Lipinski definition) is 11. The van der Waals surface area contributed by atoms with Gasteiger partial charge in [0.15, 0.2) is 30.0 Å². The third kappa shape index (κ3) is 7.22. The Hall–Kier alpha value is -3.20. The minimum absolute atomic E-state index is 0.0149. The summed E-state index contributed by atoms with van der Waals surface area (Å²) < 4.78 is 66.4. The van der Waals surface area contributed by atoms with Crippen LogP contribution in [0.15, 0.2) is 23.9 Å². The van der Waals surface area contributed by atoms with Crippen LogP contribution in [-0.2, 0) is 38.1 Å². The van der Waals surface area contributed by atoms with Crippen LogP contribution in [-0.4, -0.2) is 80.5 Å². The molecule has 15 heteroatoms. The largest absolute Gasteiger partial charge is 0.463 e. The van der Waals surface area contributed by atoms with Crippen LogP contribution in [0.3, 0.4) is 0 Å². The van der Waals surface area contributed by atoms with E-state index in [0.717, 1.165) is 13.0 Å². The molecule has 0 bridgehead atoms. The first-order valence-corrected chi connectivity index (χ1v) is 14.4. The van der Waals surface area contributed by atoms with Gasteiger partial charge in [0.05, 0.1) is 6.20 Å². The standard InChI is InChI=1S/C27H32F3N3O8S/c1-12-18(9-19(28)23(30)22(12)29)20-10-33(32-31-20)24-25(39-14(3)35)21(11-38-13(2)34)41-27(26(24)40-15(4)36)42-17-7-5-6-16(37)8-17/h9-10,12,17,21-22,24-27H,5-8,11H2,1-4H3/t12?,17?,21?,22?,24?,25-,26?,27+/m0/s1. The van der Waals surface area contributed by atoms with Gasteiger partial charge < -0.3 is 18.9 Å². The Balaban J connectivity index is 1.77. The number of esters is 3. The molecule has 2 fully saturated rings. The molecule has 230 valence electrons. The lowest BCUT2D eigenvalue weighted by Gasteiger charge is -2.45. The molecule has 6 unspecified atom stereocenters. The lowest BCUT2D eigenvalue weighted by atomic mass is 9.88. The predicted molar refractivity (Wildman–Crippen MR) is 142 cm³/mol. The number of nitrogens with zero attached hydrogens (tertiary/aromatic N) is 3. The average Bonchev–Trinajstić information content (AvgIpc) is 3.39. The van der Waals surface area contributed by atoms with Crippen LogP contribution in [0.1, 0.15) is 65.1 Å². The molecule has 1 saturated carbocycles. The van der Waals surface area contributed by atoms with Crippen LogP contribution in [0.2, 0.25) is 0 Å². The highest BCUT2D eigenvalue weighted by Gasteiger charge is 2.52. The summed E-state index contributed by atoms with van der Waals surface area (Å²) in [6.45, 7) is 4.56. The molecule has 0 radical (unpaired) electrons. The third-order valence-electron chi connectivity index (χ3n) is 7.23. The fraction of sp³-hybridized carbons (Fsp3) is 0.630. The van der Waals surface area contributed by atoms with Crippen LogP contribution < -0.4 is 0 Å². The molecule has 0 aromatic carbocycles. The molecule has 1 aliphatic heterocycles. The molecule has 3 aliphatic rings. The number of thioether (sulfide) groups is 1. The molecule has 1 aromatic rings. The Bertz CT molecular complexity index is 1290. The number of ketones is 1. The maximum atomic E-state index is 14.5. The number of ether oxygens (including phenoxy) is 4. The monoisotopic (exact) mass is 615 g/mol. The SMILES string of the molecule is CC(=O)OCC1O[C@H](SC2CCCC(=O)C2)C(OC(C)=O)C(n2cc(C3=CC(F)=C(F)C(F)C3C)nn2)[C@H]1OC(C)=O. The zero-order valence-electron chi connectivity index (χ0n) is 23.5. The number of aromatic nitrogens is 3. The second kappa shape index (κ2) is 13.4. The second-order valence-corrected chi connectivity index (χ2v) is 11.9. The Morgan fingerprint density at radius 2 is 1.81 bits per heavy atom. The fourth-order valence-corrected chi connectivity index (χ4v) is 6.83. The summed E-state index contributed by atoms with van der Waals surface area (Å²) in [5, 5.41) is 8.00. The van der Waals surface area contributed by atoms with Gasteiger partial charge in [-0.2, -0.15) is 0 Å². The first-order chi connectivity index (χ1) is 19.8. The van der Waals surface area contributed by atoms with E-state index in [9.17, 15) is 32.3 Å². The van der Waals surface area contributed by atoms with E-state index in [1.165, 1.54) is 43.4 Å². The summed E-state index contributed by atoms with van der Waals surface area (Å²) >= 11 is 1.27. The summed E-state index contributed by atoms with van der Waals surface area (Å²) in [5.74, 6) is -5.92.